The lowest BCUT2D eigenvalue weighted by atomic mass is 9.81. The molecule has 2 aromatic rings. The van der Waals surface area contributed by atoms with Crippen LogP contribution >= 0.6 is 0 Å². The van der Waals surface area contributed by atoms with Crippen LogP contribution in [0.15, 0.2) is 18.2 Å². The number of rotatable bonds is 1. The van der Waals surface area contributed by atoms with E-state index in [4.69, 9.17) is 4.74 Å². The fourth-order valence-corrected chi connectivity index (χ4v) is 2.27. The maximum atomic E-state index is 5.31. The largest absolute Gasteiger partial charge is 0.379 e. The van der Waals surface area contributed by atoms with Crippen molar-refractivity contribution < 1.29 is 4.74 Å². The number of nitrogens with zero attached hydrogens (tertiary/aromatic N) is 2. The summed E-state index contributed by atoms with van der Waals surface area (Å²) in [5, 5.41) is 0. The summed E-state index contributed by atoms with van der Waals surface area (Å²) in [5.74, 6) is 1.06. The number of imidazole rings is 1. The highest BCUT2D eigenvalue weighted by molar-refractivity contribution is 5.77. The van der Waals surface area contributed by atoms with Crippen LogP contribution in [0.5, 0.6) is 0 Å². The zero-order valence-electron chi connectivity index (χ0n) is 9.95. The van der Waals surface area contributed by atoms with Crippen LogP contribution in [-0.4, -0.2) is 22.8 Å². The van der Waals surface area contributed by atoms with Gasteiger partial charge in [0.1, 0.15) is 5.82 Å². The summed E-state index contributed by atoms with van der Waals surface area (Å²) < 4.78 is 7.43. The molecule has 16 heavy (non-hydrogen) atoms. The van der Waals surface area contributed by atoms with Crippen LogP contribution in [0.25, 0.3) is 11.0 Å². The normalized spacial score (nSPS) is 18.7. The molecule has 1 aliphatic heterocycles. The van der Waals surface area contributed by atoms with Crippen molar-refractivity contribution in [3.63, 3.8) is 0 Å². The van der Waals surface area contributed by atoms with Crippen molar-refractivity contribution in [1.82, 2.24) is 9.55 Å². The van der Waals surface area contributed by atoms with Crippen LogP contribution in [-0.2, 0) is 17.2 Å². The van der Waals surface area contributed by atoms with Crippen LogP contribution in [0, 0.1) is 6.92 Å². The minimum atomic E-state index is 0.194. The first-order valence-electron chi connectivity index (χ1n) is 5.61. The van der Waals surface area contributed by atoms with E-state index in [1.54, 1.807) is 0 Å². The molecular formula is C13H16N2O. The Morgan fingerprint density at radius 1 is 1.38 bits per heavy atom. The van der Waals surface area contributed by atoms with Crippen LogP contribution in [0.3, 0.4) is 0 Å². The summed E-state index contributed by atoms with van der Waals surface area (Å²) in [4.78, 5) is 4.57. The fraction of sp³-hybridized carbons (Fsp3) is 0.462. The average Bonchev–Trinajstić information content (AvgIpc) is 2.51. The molecular weight excluding hydrogens is 200 g/mol. The molecule has 1 aromatic heterocycles. The highest BCUT2D eigenvalue weighted by Gasteiger charge is 2.35. The van der Waals surface area contributed by atoms with E-state index in [1.165, 1.54) is 11.1 Å². The topological polar surface area (TPSA) is 27.1 Å². The second-order valence-electron chi connectivity index (χ2n) is 4.97. The van der Waals surface area contributed by atoms with Gasteiger partial charge in [-0.1, -0.05) is 13.0 Å². The summed E-state index contributed by atoms with van der Waals surface area (Å²) in [5.41, 5.74) is 3.82. The molecule has 3 nitrogen and oxygen atoms in total. The Kier molecular flexibility index (Phi) is 1.89. The number of aryl methyl sites for hydroxylation is 2. The van der Waals surface area contributed by atoms with Gasteiger partial charge in [-0.15, -0.1) is 0 Å². The molecule has 0 bridgehead atoms. The molecule has 1 fully saturated rings. The molecule has 0 amide bonds. The van der Waals surface area contributed by atoms with Crippen molar-refractivity contribution >= 4 is 11.0 Å². The Bertz CT molecular complexity index is 552. The third-order valence-electron chi connectivity index (χ3n) is 3.64. The second kappa shape index (κ2) is 3.08. The van der Waals surface area contributed by atoms with Crippen molar-refractivity contribution in [2.24, 2.45) is 7.05 Å². The van der Waals surface area contributed by atoms with E-state index in [1.807, 2.05) is 6.92 Å². The molecule has 3 rings (SSSR count). The first-order chi connectivity index (χ1) is 7.60. The number of hydrogen-bond donors (Lipinski definition) is 0. The van der Waals surface area contributed by atoms with E-state index < -0.39 is 0 Å². The van der Waals surface area contributed by atoms with E-state index in [0.29, 0.717) is 0 Å². The van der Waals surface area contributed by atoms with Gasteiger partial charge in [0.25, 0.3) is 0 Å². The summed E-state index contributed by atoms with van der Waals surface area (Å²) >= 11 is 0. The fourth-order valence-electron chi connectivity index (χ4n) is 2.27. The molecule has 1 aliphatic rings. The average molecular weight is 216 g/mol. The Morgan fingerprint density at radius 3 is 2.75 bits per heavy atom. The lowest BCUT2D eigenvalue weighted by Crippen LogP contribution is -2.43. The molecule has 0 atom stereocenters. The molecule has 0 N–H and O–H groups in total. The maximum Gasteiger partial charge on any atom is 0.106 e. The van der Waals surface area contributed by atoms with Gasteiger partial charge in [-0.25, -0.2) is 4.98 Å². The number of ether oxygens (including phenoxy) is 1. The van der Waals surface area contributed by atoms with Crippen molar-refractivity contribution in [3.8, 4) is 0 Å². The Hall–Kier alpha value is -1.35. The minimum absolute atomic E-state index is 0.194. The summed E-state index contributed by atoms with van der Waals surface area (Å²) in [6.07, 6.45) is 0. The highest BCUT2D eigenvalue weighted by Crippen LogP contribution is 2.33. The third-order valence-corrected chi connectivity index (χ3v) is 3.64. The van der Waals surface area contributed by atoms with Gasteiger partial charge in [0, 0.05) is 12.5 Å². The predicted octanol–water partition coefficient (Wildman–Crippen LogP) is 2.17. The van der Waals surface area contributed by atoms with E-state index in [9.17, 15) is 0 Å². The molecule has 1 aromatic carbocycles. The summed E-state index contributed by atoms with van der Waals surface area (Å²) in [6, 6.07) is 6.56. The van der Waals surface area contributed by atoms with Crippen molar-refractivity contribution in [2.75, 3.05) is 13.2 Å². The molecule has 3 heteroatoms. The van der Waals surface area contributed by atoms with Gasteiger partial charge in [0.05, 0.1) is 24.2 Å². The predicted molar refractivity (Wildman–Crippen MR) is 63.6 cm³/mol. The second-order valence-corrected chi connectivity index (χ2v) is 4.97. The number of hydrogen-bond acceptors (Lipinski definition) is 2. The monoisotopic (exact) mass is 216 g/mol. The summed E-state index contributed by atoms with van der Waals surface area (Å²) in [7, 11) is 2.05. The molecule has 1 saturated heterocycles. The zero-order chi connectivity index (χ0) is 11.3. The van der Waals surface area contributed by atoms with Crippen molar-refractivity contribution in [2.45, 2.75) is 19.3 Å². The first-order valence-corrected chi connectivity index (χ1v) is 5.61. The van der Waals surface area contributed by atoms with Crippen molar-refractivity contribution in [3.05, 3.63) is 29.6 Å². The molecule has 2 heterocycles. The summed E-state index contributed by atoms with van der Waals surface area (Å²) in [6.45, 7) is 5.93. The maximum absolute atomic E-state index is 5.31. The molecule has 0 unspecified atom stereocenters. The standard InChI is InChI=1S/C13H16N2O/c1-9-14-11-6-10(13(2)7-16-8-13)4-5-12(11)15(9)3/h4-6H,7-8H2,1-3H3. The number of fused-ring (bicyclic) bond motifs is 1. The van der Waals surface area contributed by atoms with Gasteiger partial charge >= 0.3 is 0 Å². The van der Waals surface area contributed by atoms with Crippen molar-refractivity contribution in [1.29, 1.82) is 0 Å². The SMILES string of the molecule is Cc1nc2cc(C3(C)COC3)ccc2n1C. The van der Waals surface area contributed by atoms with E-state index >= 15 is 0 Å². The molecule has 0 saturated carbocycles. The van der Waals surface area contributed by atoms with Gasteiger partial charge in [0.15, 0.2) is 0 Å². The quantitative estimate of drug-likeness (QED) is 0.730. The number of aromatic nitrogens is 2. The lowest BCUT2D eigenvalue weighted by molar-refractivity contribution is -0.0499. The van der Waals surface area contributed by atoms with Gasteiger partial charge in [-0.3, -0.25) is 0 Å². The molecule has 0 aliphatic carbocycles. The van der Waals surface area contributed by atoms with E-state index in [0.717, 1.165) is 24.6 Å². The van der Waals surface area contributed by atoms with Crippen LogP contribution in [0.4, 0.5) is 0 Å². The minimum Gasteiger partial charge on any atom is -0.379 e. The smallest absolute Gasteiger partial charge is 0.106 e. The van der Waals surface area contributed by atoms with Gasteiger partial charge in [0.2, 0.25) is 0 Å². The Balaban J connectivity index is 2.16. The van der Waals surface area contributed by atoms with Gasteiger partial charge in [-0.05, 0) is 24.6 Å². The van der Waals surface area contributed by atoms with Crippen LogP contribution < -0.4 is 0 Å². The molecule has 0 radical (unpaired) electrons. The Labute approximate surface area is 95.0 Å². The first kappa shape index (κ1) is 9.85. The highest BCUT2D eigenvalue weighted by atomic mass is 16.5. The van der Waals surface area contributed by atoms with Gasteiger partial charge < -0.3 is 9.30 Å². The Morgan fingerprint density at radius 2 is 2.12 bits per heavy atom. The number of benzene rings is 1. The van der Waals surface area contributed by atoms with E-state index in [2.05, 4.69) is 41.7 Å². The lowest BCUT2D eigenvalue weighted by Gasteiger charge is -2.38. The molecule has 84 valence electrons. The third kappa shape index (κ3) is 1.21. The van der Waals surface area contributed by atoms with Crippen LogP contribution in [0.1, 0.15) is 18.3 Å². The van der Waals surface area contributed by atoms with Gasteiger partial charge in [-0.2, -0.15) is 0 Å². The molecule has 0 spiro atoms. The zero-order valence-corrected chi connectivity index (χ0v) is 9.95. The van der Waals surface area contributed by atoms with E-state index in [-0.39, 0.29) is 5.41 Å². The van der Waals surface area contributed by atoms with Crippen LogP contribution in [0.2, 0.25) is 0 Å².